The van der Waals surface area contributed by atoms with Gasteiger partial charge in [-0.15, -0.1) is 0 Å². The normalized spacial score (nSPS) is 13.5. The van der Waals surface area contributed by atoms with Crippen LogP contribution in [0, 0.1) is 11.3 Å². The van der Waals surface area contributed by atoms with Gasteiger partial charge in [0, 0.05) is 46.2 Å². The molecule has 1 fully saturated rings. The van der Waals surface area contributed by atoms with E-state index in [1.54, 1.807) is 34.6 Å². The fraction of sp³-hybridized carbons (Fsp3) is 0.744. The Kier molecular flexibility index (Phi) is 42.3. The molecule has 21 nitrogen and oxygen atoms in total. The van der Waals surface area contributed by atoms with Crippen LogP contribution in [0.25, 0.3) is 0 Å². The highest BCUT2D eigenvalue weighted by Crippen LogP contribution is 2.18. The molecule has 1 heterocycles. The molecule has 1 rings (SSSR count). The van der Waals surface area contributed by atoms with Crippen molar-refractivity contribution in [2.45, 2.75) is 172 Å². The van der Waals surface area contributed by atoms with Crippen LogP contribution >= 0.6 is 0 Å². The molecule has 0 aliphatic carbocycles. The number of carboxylic acids is 3. The van der Waals surface area contributed by atoms with Crippen molar-refractivity contribution in [1.82, 2.24) is 36.8 Å². The average molecular weight is 920 g/mol. The minimum atomic E-state index is -1.16. The minimum absolute atomic E-state index is 0.0394. The zero-order chi connectivity index (χ0) is 51.2. The molecule has 9 N–H and O–H groups in total. The SMILES string of the molecule is CC(C)(C)C.CCC.CCC(=O)O.CCC(=O)O.CCNC(C)=O.CC[C@@H](C=O)NC(=O)C1CCCN1C(=O)CNC(=O)C(NC(=O)CNC(=O)C(CCC(=O)O)NC(C)=O)C(C)C. The fourth-order valence-electron chi connectivity index (χ4n) is 4.30. The van der Waals surface area contributed by atoms with Gasteiger partial charge in [-0.1, -0.05) is 82.6 Å². The topological polar surface area (TPSA) is 324 Å². The Morgan fingerprint density at radius 1 is 0.703 bits per heavy atom. The number of amides is 7. The molecule has 64 heavy (non-hydrogen) atoms. The molecule has 0 radical (unpaired) electrons. The van der Waals surface area contributed by atoms with Crippen molar-refractivity contribution in [2.24, 2.45) is 11.3 Å². The highest BCUT2D eigenvalue weighted by molar-refractivity contribution is 5.95. The van der Waals surface area contributed by atoms with Crippen molar-refractivity contribution in [1.29, 1.82) is 0 Å². The summed E-state index contributed by atoms with van der Waals surface area (Å²) >= 11 is 0. The average Bonchev–Trinajstić information content (AvgIpc) is 3.69. The van der Waals surface area contributed by atoms with Crippen molar-refractivity contribution in [2.75, 3.05) is 26.2 Å². The molecule has 21 heteroatoms. The predicted molar refractivity (Wildman–Crippen MR) is 242 cm³/mol. The van der Waals surface area contributed by atoms with Crippen LogP contribution < -0.4 is 31.9 Å². The van der Waals surface area contributed by atoms with Gasteiger partial charge in [-0.05, 0) is 43.9 Å². The van der Waals surface area contributed by atoms with Crippen molar-refractivity contribution < 1.29 is 68.1 Å². The highest BCUT2D eigenvalue weighted by atomic mass is 16.4. The smallest absolute Gasteiger partial charge is 0.303 e. The molecule has 372 valence electrons. The number of hydrogen-bond donors (Lipinski definition) is 9. The van der Waals surface area contributed by atoms with E-state index in [4.69, 9.17) is 15.3 Å². The van der Waals surface area contributed by atoms with Gasteiger partial charge in [0.2, 0.25) is 41.4 Å². The number of hydrogen-bond acceptors (Lipinski definition) is 11. The van der Waals surface area contributed by atoms with Gasteiger partial charge >= 0.3 is 17.9 Å². The second-order valence-corrected chi connectivity index (χ2v) is 16.1. The van der Waals surface area contributed by atoms with E-state index in [2.05, 4.69) is 73.4 Å². The second kappa shape index (κ2) is 40.2. The zero-order valence-electron chi connectivity index (χ0n) is 40.7. The summed E-state index contributed by atoms with van der Waals surface area (Å²) in [6.45, 7) is 25.9. The lowest BCUT2D eigenvalue weighted by molar-refractivity contribution is -0.139. The number of likely N-dealkylation sites (tertiary alicyclic amines) is 1. The number of aliphatic carboxylic acids is 3. The third-order valence-electron chi connectivity index (χ3n) is 7.28. The Morgan fingerprint density at radius 3 is 1.52 bits per heavy atom. The molecule has 0 bridgehead atoms. The Labute approximate surface area is 379 Å². The number of carbonyl (C=O) groups is 11. The van der Waals surface area contributed by atoms with E-state index in [9.17, 15) is 52.7 Å². The summed E-state index contributed by atoms with van der Waals surface area (Å²) in [5, 5.41) is 39.0. The van der Waals surface area contributed by atoms with Crippen LogP contribution in [0.1, 0.15) is 148 Å². The van der Waals surface area contributed by atoms with Gasteiger partial charge in [-0.25, -0.2) is 0 Å². The van der Waals surface area contributed by atoms with Crippen LogP contribution in [-0.2, 0) is 52.7 Å². The van der Waals surface area contributed by atoms with Crippen molar-refractivity contribution in [3.05, 3.63) is 0 Å². The summed E-state index contributed by atoms with van der Waals surface area (Å²) < 4.78 is 0. The number of aldehydes is 1. The van der Waals surface area contributed by atoms with Crippen LogP contribution in [0.5, 0.6) is 0 Å². The number of nitrogens with one attached hydrogen (secondary N) is 6. The summed E-state index contributed by atoms with van der Waals surface area (Å²) in [5.74, 6) is -6.59. The Bertz CT molecular complexity index is 1410. The number of rotatable bonds is 19. The molecule has 0 aromatic heterocycles. The van der Waals surface area contributed by atoms with E-state index in [1.165, 1.54) is 25.2 Å². The fourth-order valence-corrected chi connectivity index (χ4v) is 4.30. The maximum atomic E-state index is 12.8. The Morgan fingerprint density at radius 2 is 1.17 bits per heavy atom. The lowest BCUT2D eigenvalue weighted by Crippen LogP contribution is -2.55. The van der Waals surface area contributed by atoms with E-state index >= 15 is 0 Å². The van der Waals surface area contributed by atoms with Gasteiger partial charge < -0.3 is 56.9 Å². The zero-order valence-corrected chi connectivity index (χ0v) is 40.7. The molecule has 1 aliphatic heterocycles. The Hall–Kier alpha value is -5.63. The molecular formula is C43H81N7O14. The first-order valence-electron chi connectivity index (χ1n) is 21.6. The largest absolute Gasteiger partial charge is 0.481 e. The van der Waals surface area contributed by atoms with Gasteiger partial charge in [0.25, 0.3) is 0 Å². The Balaban J connectivity index is -0.000000391. The minimum Gasteiger partial charge on any atom is -0.481 e. The van der Waals surface area contributed by atoms with Crippen LogP contribution in [0.15, 0.2) is 0 Å². The number of nitrogens with zero attached hydrogens (tertiary/aromatic N) is 1. The molecule has 0 spiro atoms. The number of carboxylic acid groups (broad SMARTS) is 3. The monoisotopic (exact) mass is 920 g/mol. The van der Waals surface area contributed by atoms with E-state index in [1.807, 2.05) is 6.92 Å². The maximum absolute atomic E-state index is 12.8. The van der Waals surface area contributed by atoms with Gasteiger partial charge in [0.05, 0.1) is 19.1 Å². The van der Waals surface area contributed by atoms with Crippen LogP contribution in [0.3, 0.4) is 0 Å². The molecule has 4 atom stereocenters. The maximum Gasteiger partial charge on any atom is 0.303 e. The van der Waals surface area contributed by atoms with E-state index in [-0.39, 0.29) is 31.6 Å². The van der Waals surface area contributed by atoms with Gasteiger partial charge in [-0.2, -0.15) is 0 Å². The highest BCUT2D eigenvalue weighted by Gasteiger charge is 2.35. The number of carbonyl (C=O) groups excluding carboxylic acids is 8. The van der Waals surface area contributed by atoms with Gasteiger partial charge in [-0.3, -0.25) is 47.9 Å². The molecular weight excluding hydrogens is 839 g/mol. The molecule has 7 amide bonds. The van der Waals surface area contributed by atoms with Gasteiger partial charge in [0.15, 0.2) is 0 Å². The van der Waals surface area contributed by atoms with Crippen LogP contribution in [0.2, 0.25) is 0 Å². The molecule has 3 unspecified atom stereocenters. The summed E-state index contributed by atoms with van der Waals surface area (Å²) in [6, 6.07) is -3.60. The molecule has 0 aromatic carbocycles. The predicted octanol–water partition coefficient (Wildman–Crippen LogP) is 2.39. The third kappa shape index (κ3) is 44.4. The standard InChI is InChI=1S/C25H40N6O9.C5H12.C4H9NO.2C3H6O2.C3H8/c1-5-16(13-32)29-24(39)18-7-6-10-31(18)20(35)12-27-25(40)22(14(2)3)30-19(34)11-26-23(38)17(28-15(4)33)8-9-21(36)37;1-5(2,3)4;1-3-5-4(2)6;2*1-2-3(4)5;1-3-2/h13-14,16-18,22H,5-12H2,1-4H3,(H,26,38)(H,27,40)(H,28,33)(H,29,39)(H,30,34)(H,36,37);1-4H3;3H2,1-2H3,(H,5,6);2*2H2,1H3,(H,4,5);3H2,1-2H3/t16-,17?,18?,22?;;;;;/m0...../s1. The lowest BCUT2D eigenvalue weighted by atomic mass is 10.0. The molecule has 0 saturated carbocycles. The van der Waals surface area contributed by atoms with E-state index < -0.39 is 96.5 Å². The summed E-state index contributed by atoms with van der Waals surface area (Å²) in [4.78, 5) is 126. The van der Waals surface area contributed by atoms with Crippen LogP contribution in [0.4, 0.5) is 0 Å². The molecule has 0 aromatic rings. The van der Waals surface area contributed by atoms with Crippen molar-refractivity contribution in [3.8, 4) is 0 Å². The lowest BCUT2D eigenvalue weighted by Gasteiger charge is -2.26. The van der Waals surface area contributed by atoms with Crippen molar-refractivity contribution in [3.63, 3.8) is 0 Å². The summed E-state index contributed by atoms with van der Waals surface area (Å²) in [6.07, 6.45) is 3.20. The molecule has 1 saturated heterocycles. The quantitative estimate of drug-likeness (QED) is 0.0841. The summed E-state index contributed by atoms with van der Waals surface area (Å²) in [5.41, 5.74) is 0.500. The summed E-state index contributed by atoms with van der Waals surface area (Å²) in [7, 11) is 0. The van der Waals surface area contributed by atoms with E-state index in [0.29, 0.717) is 37.5 Å². The molecule has 1 aliphatic rings. The first-order chi connectivity index (χ1) is 29.5. The first kappa shape index (κ1) is 67.4. The van der Waals surface area contributed by atoms with Crippen molar-refractivity contribution >= 4 is 65.5 Å². The van der Waals surface area contributed by atoms with E-state index in [0.717, 1.165) is 6.54 Å². The van der Waals surface area contributed by atoms with Gasteiger partial charge in [0.1, 0.15) is 24.4 Å². The second-order valence-electron chi connectivity index (χ2n) is 16.1. The third-order valence-corrected chi connectivity index (χ3v) is 7.28. The van der Waals surface area contributed by atoms with Crippen LogP contribution in [-0.4, -0.2) is 136 Å². The first-order valence-corrected chi connectivity index (χ1v) is 21.6.